The average Bonchev–Trinajstić information content (AvgIpc) is 2.37. The lowest BCUT2D eigenvalue weighted by Crippen LogP contribution is -2.25. The smallest absolute Gasteiger partial charge is 0.376 e. The molecule has 21 heavy (non-hydrogen) atoms. The van der Waals surface area contributed by atoms with Gasteiger partial charge in [0.1, 0.15) is 0 Å². The minimum atomic E-state index is -3.74. The fourth-order valence-electron chi connectivity index (χ4n) is 1.32. The first-order valence-corrected chi connectivity index (χ1v) is 8.27. The summed E-state index contributed by atoms with van der Waals surface area (Å²) in [6, 6.07) is 4.56. The molecule has 0 radical (unpaired) electrons. The maximum Gasteiger partial charge on any atom is 0.376 e. The van der Waals surface area contributed by atoms with Crippen molar-refractivity contribution in [2.75, 3.05) is 13.3 Å². The van der Waals surface area contributed by atoms with E-state index in [0.717, 1.165) is 0 Å². The molecule has 0 aliphatic heterocycles. The molecule has 0 fully saturated rings. The highest BCUT2D eigenvalue weighted by Crippen LogP contribution is 2.48. The number of hydrogen-bond donors (Lipinski definition) is 1. The summed E-state index contributed by atoms with van der Waals surface area (Å²) in [4.78, 5) is 21.5. The normalized spacial score (nSPS) is 14.2. The molecule has 1 N–H and O–H groups in total. The number of esters is 1. The summed E-state index contributed by atoms with van der Waals surface area (Å²) in [5.41, 5.74) is -0.683. The summed E-state index contributed by atoms with van der Waals surface area (Å²) < 4.78 is 27.2. The largest absolute Gasteiger partial charge is 0.490 e. The van der Waals surface area contributed by atoms with Crippen LogP contribution in [0.5, 0.6) is 17.2 Å². The van der Waals surface area contributed by atoms with Gasteiger partial charge in [-0.25, -0.2) is 4.57 Å². The molecule has 0 aromatic heterocycles. The van der Waals surface area contributed by atoms with Crippen LogP contribution in [0.3, 0.4) is 0 Å². The number of benzene rings is 1. The van der Waals surface area contributed by atoms with Gasteiger partial charge >= 0.3 is 13.6 Å². The molecular formula is C14H21O6P. The molecular weight excluding hydrogens is 295 g/mol. The van der Waals surface area contributed by atoms with E-state index >= 15 is 0 Å². The van der Waals surface area contributed by atoms with E-state index in [4.69, 9.17) is 14.0 Å². The Bertz CT molecular complexity index is 561. The fraction of sp³-hybridized carbons (Fsp3) is 0.500. The van der Waals surface area contributed by atoms with Gasteiger partial charge in [0.2, 0.25) is 5.75 Å². The Hall–Kier alpha value is -1.52. The van der Waals surface area contributed by atoms with Crippen molar-refractivity contribution in [3.8, 4) is 17.2 Å². The van der Waals surface area contributed by atoms with Crippen LogP contribution in [-0.2, 0) is 9.36 Å². The van der Waals surface area contributed by atoms with Crippen molar-refractivity contribution in [1.82, 2.24) is 0 Å². The van der Waals surface area contributed by atoms with Crippen LogP contribution < -0.4 is 14.0 Å². The van der Waals surface area contributed by atoms with Gasteiger partial charge in [-0.15, -0.1) is 0 Å². The summed E-state index contributed by atoms with van der Waals surface area (Å²) >= 11 is 0. The summed E-state index contributed by atoms with van der Waals surface area (Å²) in [7, 11) is -2.38. The Morgan fingerprint density at radius 1 is 1.29 bits per heavy atom. The van der Waals surface area contributed by atoms with E-state index in [0.29, 0.717) is 0 Å². The minimum absolute atomic E-state index is 0.0395. The van der Waals surface area contributed by atoms with Crippen LogP contribution in [0.2, 0.25) is 0 Å². The first-order chi connectivity index (χ1) is 9.60. The van der Waals surface area contributed by atoms with Crippen LogP contribution in [0.15, 0.2) is 18.2 Å². The van der Waals surface area contributed by atoms with Crippen molar-refractivity contribution in [1.29, 1.82) is 0 Å². The summed E-state index contributed by atoms with van der Waals surface area (Å²) in [6.07, 6.45) is -0.0395. The van der Waals surface area contributed by atoms with Crippen molar-refractivity contribution < 1.29 is 28.3 Å². The Labute approximate surface area is 124 Å². The fourth-order valence-corrected chi connectivity index (χ4v) is 1.90. The predicted octanol–water partition coefficient (Wildman–Crippen LogP) is 3.23. The minimum Gasteiger partial charge on any atom is -0.490 e. The van der Waals surface area contributed by atoms with E-state index < -0.39 is 19.0 Å². The number of ether oxygens (including phenoxy) is 2. The third-order valence-electron chi connectivity index (χ3n) is 2.60. The maximum absolute atomic E-state index is 11.9. The molecule has 0 saturated heterocycles. The summed E-state index contributed by atoms with van der Waals surface area (Å²) in [5, 5.41) is 0. The first kappa shape index (κ1) is 17.5. The van der Waals surface area contributed by atoms with Crippen LogP contribution in [0.25, 0.3) is 0 Å². The van der Waals surface area contributed by atoms with Gasteiger partial charge in [0.05, 0.1) is 18.7 Å². The molecule has 7 heteroatoms. The lowest BCUT2D eigenvalue weighted by Gasteiger charge is -2.19. The zero-order valence-corrected chi connectivity index (χ0v) is 13.8. The molecule has 1 aromatic carbocycles. The number of rotatable bonds is 5. The van der Waals surface area contributed by atoms with Gasteiger partial charge in [0.15, 0.2) is 11.5 Å². The standard InChI is InChI=1S/C14H21O6P/c1-6-21(16,17)20-11-9-7-8-10(12(11)18-5)19-13(15)14(2,3)4/h7-9H,6H2,1-5H3,(H,16,17). The summed E-state index contributed by atoms with van der Waals surface area (Å²) in [6.45, 7) is 6.71. The van der Waals surface area contributed by atoms with Gasteiger partial charge in [0, 0.05) is 0 Å². The quantitative estimate of drug-likeness (QED) is 0.510. The lowest BCUT2D eigenvalue weighted by atomic mass is 9.97. The number of carbonyl (C=O) groups is 1. The van der Waals surface area contributed by atoms with Gasteiger partial charge in [-0.05, 0) is 32.9 Å². The Balaban J connectivity index is 3.13. The molecule has 1 atom stereocenters. The molecule has 0 saturated carbocycles. The Kier molecular flexibility index (Phi) is 5.42. The second kappa shape index (κ2) is 6.50. The third-order valence-corrected chi connectivity index (χ3v) is 3.88. The van der Waals surface area contributed by atoms with E-state index in [9.17, 15) is 14.3 Å². The third kappa shape index (κ3) is 4.76. The van der Waals surface area contributed by atoms with Crippen molar-refractivity contribution in [3.63, 3.8) is 0 Å². The zero-order chi connectivity index (χ0) is 16.3. The number of para-hydroxylation sites is 1. The molecule has 6 nitrogen and oxygen atoms in total. The van der Waals surface area contributed by atoms with E-state index in [2.05, 4.69) is 0 Å². The highest BCUT2D eigenvalue weighted by Gasteiger charge is 2.27. The molecule has 118 valence electrons. The molecule has 0 aliphatic carbocycles. The van der Waals surface area contributed by atoms with Crippen LogP contribution in [0.1, 0.15) is 27.7 Å². The monoisotopic (exact) mass is 316 g/mol. The summed E-state index contributed by atoms with van der Waals surface area (Å²) in [5.74, 6) is -0.131. The Morgan fingerprint density at radius 3 is 2.33 bits per heavy atom. The van der Waals surface area contributed by atoms with Crippen LogP contribution in [0.4, 0.5) is 0 Å². The van der Waals surface area contributed by atoms with E-state index in [1.165, 1.54) is 26.2 Å². The molecule has 1 aromatic rings. The van der Waals surface area contributed by atoms with Crippen LogP contribution >= 0.6 is 7.60 Å². The lowest BCUT2D eigenvalue weighted by molar-refractivity contribution is -0.143. The zero-order valence-electron chi connectivity index (χ0n) is 12.9. The maximum atomic E-state index is 11.9. The Morgan fingerprint density at radius 2 is 1.86 bits per heavy atom. The van der Waals surface area contributed by atoms with Gasteiger partial charge in [0.25, 0.3) is 0 Å². The molecule has 1 rings (SSSR count). The molecule has 0 heterocycles. The van der Waals surface area contributed by atoms with Crippen molar-refractivity contribution in [3.05, 3.63) is 18.2 Å². The van der Waals surface area contributed by atoms with Gasteiger partial charge in [-0.1, -0.05) is 13.0 Å². The SMILES string of the molecule is CCP(=O)(O)Oc1cccc(OC(=O)C(C)(C)C)c1OC. The number of carbonyl (C=O) groups excluding carboxylic acids is 1. The van der Waals surface area contributed by atoms with Gasteiger partial charge in [-0.2, -0.15) is 0 Å². The van der Waals surface area contributed by atoms with Crippen molar-refractivity contribution in [2.45, 2.75) is 27.7 Å². The molecule has 1 unspecified atom stereocenters. The highest BCUT2D eigenvalue weighted by molar-refractivity contribution is 7.53. The highest BCUT2D eigenvalue weighted by atomic mass is 31.2. The number of hydrogen-bond acceptors (Lipinski definition) is 5. The average molecular weight is 316 g/mol. The second-order valence-electron chi connectivity index (χ2n) is 5.47. The number of methoxy groups -OCH3 is 1. The van der Waals surface area contributed by atoms with E-state index in [1.54, 1.807) is 26.8 Å². The molecule has 0 aliphatic rings. The first-order valence-electron chi connectivity index (χ1n) is 6.51. The predicted molar refractivity (Wildman–Crippen MR) is 79.1 cm³/mol. The van der Waals surface area contributed by atoms with Crippen molar-refractivity contribution in [2.24, 2.45) is 5.41 Å². The topological polar surface area (TPSA) is 82.1 Å². The van der Waals surface area contributed by atoms with Crippen LogP contribution in [0, 0.1) is 5.41 Å². The second-order valence-corrected chi connectivity index (χ2v) is 7.56. The van der Waals surface area contributed by atoms with E-state index in [1.807, 2.05) is 0 Å². The molecule has 0 amide bonds. The van der Waals surface area contributed by atoms with Gasteiger partial charge < -0.3 is 18.9 Å². The van der Waals surface area contributed by atoms with Crippen LogP contribution in [-0.4, -0.2) is 24.1 Å². The molecule has 0 spiro atoms. The van der Waals surface area contributed by atoms with E-state index in [-0.39, 0.29) is 23.4 Å². The van der Waals surface area contributed by atoms with Gasteiger partial charge in [-0.3, -0.25) is 4.79 Å². The molecule has 0 bridgehead atoms. The van der Waals surface area contributed by atoms with Crippen molar-refractivity contribution >= 4 is 13.6 Å².